The van der Waals surface area contributed by atoms with E-state index in [0.29, 0.717) is 18.6 Å². The van der Waals surface area contributed by atoms with E-state index in [1.807, 2.05) is 19.1 Å². The second kappa shape index (κ2) is 9.17. The maximum Gasteiger partial charge on any atom is 0.328 e. The number of aliphatic hydroxyl groups is 3. The molecule has 4 N–H and O–H groups in total. The van der Waals surface area contributed by atoms with Crippen molar-refractivity contribution in [2.75, 3.05) is 6.61 Å². The number of hydrogen-bond donors (Lipinski definition) is 4. The number of allylic oxidation sites excluding steroid dienone is 1. The third-order valence-electron chi connectivity index (χ3n) is 4.27. The van der Waals surface area contributed by atoms with Crippen LogP contribution in [0.3, 0.4) is 0 Å². The number of hydrogen-bond acceptors (Lipinski definition) is 5. The molecule has 0 bridgehead atoms. The summed E-state index contributed by atoms with van der Waals surface area (Å²) in [5.41, 5.74) is 0.581. The first kappa shape index (κ1) is 19.8. The van der Waals surface area contributed by atoms with Gasteiger partial charge in [-0.1, -0.05) is 24.6 Å². The Hall–Kier alpha value is -1.21. The molecule has 0 amide bonds. The molecule has 23 heavy (non-hydrogen) atoms. The molecule has 0 saturated carbocycles. The summed E-state index contributed by atoms with van der Waals surface area (Å²) < 4.78 is 5.60. The fraction of sp³-hybridized carbons (Fsp3) is 0.706. The van der Waals surface area contributed by atoms with Crippen molar-refractivity contribution in [1.82, 2.24) is 0 Å². The first-order chi connectivity index (χ1) is 10.7. The van der Waals surface area contributed by atoms with Crippen LogP contribution in [0.5, 0.6) is 0 Å². The van der Waals surface area contributed by atoms with E-state index in [0.717, 1.165) is 6.08 Å². The number of carboxylic acids is 1. The Bertz CT molecular complexity index is 442. The summed E-state index contributed by atoms with van der Waals surface area (Å²) >= 11 is 0. The highest BCUT2D eigenvalue weighted by Crippen LogP contribution is 2.27. The van der Waals surface area contributed by atoms with Crippen LogP contribution in [0.1, 0.15) is 33.6 Å². The number of aliphatic hydroxyl groups excluding tert-OH is 3. The highest BCUT2D eigenvalue weighted by molar-refractivity contribution is 5.80. The fourth-order valence-corrected chi connectivity index (χ4v) is 2.55. The van der Waals surface area contributed by atoms with Gasteiger partial charge in [-0.3, -0.25) is 0 Å². The van der Waals surface area contributed by atoms with Gasteiger partial charge in [0, 0.05) is 12.0 Å². The summed E-state index contributed by atoms with van der Waals surface area (Å²) in [4.78, 5) is 10.6. The van der Waals surface area contributed by atoms with Crippen LogP contribution in [0.25, 0.3) is 0 Å². The molecule has 132 valence electrons. The van der Waals surface area contributed by atoms with Crippen LogP contribution in [0.2, 0.25) is 0 Å². The van der Waals surface area contributed by atoms with E-state index in [-0.39, 0.29) is 18.3 Å². The maximum atomic E-state index is 10.6. The lowest BCUT2D eigenvalue weighted by Gasteiger charge is -2.37. The molecule has 0 unspecified atom stereocenters. The highest BCUT2D eigenvalue weighted by atomic mass is 16.5. The van der Waals surface area contributed by atoms with Gasteiger partial charge < -0.3 is 25.2 Å². The summed E-state index contributed by atoms with van der Waals surface area (Å²) in [5, 5.41) is 38.5. The molecule has 1 fully saturated rings. The maximum absolute atomic E-state index is 10.6. The third-order valence-corrected chi connectivity index (χ3v) is 4.27. The van der Waals surface area contributed by atoms with Crippen LogP contribution < -0.4 is 0 Å². The molecule has 0 aromatic rings. The number of rotatable bonds is 7. The van der Waals surface area contributed by atoms with E-state index in [2.05, 4.69) is 0 Å². The van der Waals surface area contributed by atoms with Gasteiger partial charge in [-0.25, -0.2) is 4.79 Å². The lowest BCUT2D eigenvalue weighted by Crippen LogP contribution is -2.50. The fourth-order valence-electron chi connectivity index (χ4n) is 2.55. The SMILES string of the molecule is CC(=CC(=O)O)C[C@@H]1OC[C@H](CC=C[C@H](C)[C@H](C)O)[C@@H](O)[C@H]1O. The minimum atomic E-state index is -1.05. The predicted molar refractivity (Wildman–Crippen MR) is 85.9 cm³/mol. The predicted octanol–water partition coefficient (Wildman–Crippen LogP) is 1.11. The number of aliphatic carboxylic acids is 1. The Balaban J connectivity index is 2.55. The Morgan fingerprint density at radius 2 is 1.96 bits per heavy atom. The van der Waals surface area contributed by atoms with E-state index in [1.165, 1.54) is 0 Å². The van der Waals surface area contributed by atoms with Crippen LogP contribution in [-0.4, -0.2) is 57.4 Å². The molecule has 6 nitrogen and oxygen atoms in total. The third kappa shape index (κ3) is 6.43. The van der Waals surface area contributed by atoms with Gasteiger partial charge >= 0.3 is 5.97 Å². The summed E-state index contributed by atoms with van der Waals surface area (Å²) in [6.07, 6.45) is 2.67. The van der Waals surface area contributed by atoms with Gasteiger partial charge in [0.1, 0.15) is 6.10 Å². The zero-order valence-corrected chi connectivity index (χ0v) is 13.9. The number of carbonyl (C=O) groups is 1. The average molecular weight is 328 g/mol. The van der Waals surface area contributed by atoms with E-state index in [1.54, 1.807) is 13.8 Å². The van der Waals surface area contributed by atoms with E-state index < -0.39 is 30.4 Å². The van der Waals surface area contributed by atoms with Crippen LogP contribution in [-0.2, 0) is 9.53 Å². The topological polar surface area (TPSA) is 107 Å². The molecule has 6 heteroatoms. The van der Waals surface area contributed by atoms with Crippen molar-refractivity contribution >= 4 is 5.97 Å². The molecule has 0 aromatic heterocycles. The first-order valence-corrected chi connectivity index (χ1v) is 7.95. The normalized spacial score (nSPS) is 32.0. The Labute approximate surface area is 137 Å². The summed E-state index contributed by atoms with van der Waals surface area (Å²) in [7, 11) is 0. The second-order valence-corrected chi connectivity index (χ2v) is 6.41. The standard InChI is InChI=1S/C17H28O6/c1-10(8-15(19)20)7-14-17(22)16(21)13(9-23-14)6-4-5-11(2)12(3)18/h4-5,8,11-14,16-18,21-22H,6-7,9H2,1-3H3,(H,19,20)/t11-,12-,13-,14-,16+,17-/m0/s1. The van der Waals surface area contributed by atoms with Crippen LogP contribution in [0.4, 0.5) is 0 Å². The van der Waals surface area contributed by atoms with E-state index in [4.69, 9.17) is 9.84 Å². The van der Waals surface area contributed by atoms with Gasteiger partial charge in [0.25, 0.3) is 0 Å². The van der Waals surface area contributed by atoms with Gasteiger partial charge in [-0.2, -0.15) is 0 Å². The smallest absolute Gasteiger partial charge is 0.328 e. The monoisotopic (exact) mass is 328 g/mol. The van der Waals surface area contributed by atoms with Crippen molar-refractivity contribution in [3.63, 3.8) is 0 Å². The quantitative estimate of drug-likeness (QED) is 0.412. The number of carboxylic acid groups (broad SMARTS) is 1. The molecule has 0 radical (unpaired) electrons. The second-order valence-electron chi connectivity index (χ2n) is 6.41. The molecule has 0 aliphatic carbocycles. The molecular formula is C17H28O6. The van der Waals surface area contributed by atoms with Gasteiger partial charge in [-0.15, -0.1) is 0 Å². The number of ether oxygens (including phenoxy) is 1. The molecule has 1 aliphatic rings. The highest BCUT2D eigenvalue weighted by Gasteiger charge is 2.37. The van der Waals surface area contributed by atoms with E-state index in [9.17, 15) is 20.1 Å². The minimum absolute atomic E-state index is 0.0260. The molecule has 0 aromatic carbocycles. The van der Waals surface area contributed by atoms with Crippen molar-refractivity contribution in [1.29, 1.82) is 0 Å². The van der Waals surface area contributed by atoms with Gasteiger partial charge in [0.2, 0.25) is 0 Å². The minimum Gasteiger partial charge on any atom is -0.478 e. The van der Waals surface area contributed by atoms with Crippen LogP contribution in [0.15, 0.2) is 23.8 Å². The summed E-state index contributed by atoms with van der Waals surface area (Å²) in [6, 6.07) is 0. The van der Waals surface area contributed by atoms with Gasteiger partial charge in [0.05, 0.1) is 24.9 Å². The Kier molecular flexibility index (Phi) is 7.91. The van der Waals surface area contributed by atoms with Crippen molar-refractivity contribution in [2.45, 2.75) is 58.0 Å². The zero-order valence-electron chi connectivity index (χ0n) is 13.9. The van der Waals surface area contributed by atoms with Crippen molar-refractivity contribution in [3.05, 3.63) is 23.8 Å². The largest absolute Gasteiger partial charge is 0.478 e. The summed E-state index contributed by atoms with van der Waals surface area (Å²) in [6.45, 7) is 5.58. The first-order valence-electron chi connectivity index (χ1n) is 7.95. The molecule has 1 saturated heterocycles. The Morgan fingerprint density at radius 3 is 2.52 bits per heavy atom. The van der Waals surface area contributed by atoms with Crippen molar-refractivity contribution in [3.8, 4) is 0 Å². The molecule has 1 heterocycles. The van der Waals surface area contributed by atoms with Crippen LogP contribution >= 0.6 is 0 Å². The molecule has 6 atom stereocenters. The van der Waals surface area contributed by atoms with Gasteiger partial charge in [0.15, 0.2) is 0 Å². The lowest BCUT2D eigenvalue weighted by atomic mass is 9.87. The Morgan fingerprint density at radius 1 is 1.30 bits per heavy atom. The van der Waals surface area contributed by atoms with E-state index >= 15 is 0 Å². The zero-order chi connectivity index (χ0) is 17.6. The average Bonchev–Trinajstić information content (AvgIpc) is 2.45. The molecule has 0 spiro atoms. The van der Waals surface area contributed by atoms with Crippen LogP contribution in [0, 0.1) is 11.8 Å². The van der Waals surface area contributed by atoms with Crippen molar-refractivity contribution < 1.29 is 30.0 Å². The summed E-state index contributed by atoms with van der Waals surface area (Å²) in [5.74, 6) is -1.23. The molecule has 1 rings (SSSR count). The lowest BCUT2D eigenvalue weighted by molar-refractivity contribution is -0.162. The molecular weight excluding hydrogens is 300 g/mol. The van der Waals surface area contributed by atoms with Crippen molar-refractivity contribution in [2.24, 2.45) is 11.8 Å². The van der Waals surface area contributed by atoms with Gasteiger partial charge in [-0.05, 0) is 32.6 Å². The molecule has 1 aliphatic heterocycles.